The van der Waals surface area contributed by atoms with Crippen LogP contribution in [0.15, 0.2) is 24.3 Å². The standard InChI is InChI=1S/C12H17NO4/c1-2-15-9-17-12(14)7-8-16-11-6-4-3-5-10(11)13/h3-6H,2,7-9,13H2,1H3. The third-order valence-electron chi connectivity index (χ3n) is 1.99. The molecule has 0 amide bonds. The van der Waals surface area contributed by atoms with Crippen molar-refractivity contribution in [3.63, 3.8) is 0 Å². The summed E-state index contributed by atoms with van der Waals surface area (Å²) in [6.07, 6.45) is 0.168. The van der Waals surface area contributed by atoms with Crippen molar-refractivity contribution in [2.75, 3.05) is 25.7 Å². The van der Waals surface area contributed by atoms with Gasteiger partial charge in [0.1, 0.15) is 5.75 Å². The van der Waals surface area contributed by atoms with E-state index in [1.54, 1.807) is 12.1 Å². The molecule has 0 saturated carbocycles. The molecule has 0 spiro atoms. The molecular formula is C12H17NO4. The van der Waals surface area contributed by atoms with E-state index in [2.05, 4.69) is 0 Å². The predicted molar refractivity (Wildman–Crippen MR) is 63.6 cm³/mol. The van der Waals surface area contributed by atoms with Crippen LogP contribution < -0.4 is 10.5 Å². The highest BCUT2D eigenvalue weighted by Crippen LogP contribution is 2.19. The Labute approximate surface area is 100 Å². The van der Waals surface area contributed by atoms with Crippen LogP contribution >= 0.6 is 0 Å². The SMILES string of the molecule is CCOCOC(=O)CCOc1ccccc1N. The van der Waals surface area contributed by atoms with Gasteiger partial charge in [0.05, 0.1) is 18.7 Å². The van der Waals surface area contributed by atoms with Gasteiger partial charge in [-0.15, -0.1) is 0 Å². The van der Waals surface area contributed by atoms with Crippen molar-refractivity contribution < 1.29 is 19.0 Å². The van der Waals surface area contributed by atoms with Crippen LogP contribution in [0.25, 0.3) is 0 Å². The van der Waals surface area contributed by atoms with E-state index in [9.17, 15) is 4.79 Å². The van der Waals surface area contributed by atoms with E-state index in [0.717, 1.165) is 0 Å². The van der Waals surface area contributed by atoms with Crippen molar-refractivity contribution in [2.24, 2.45) is 0 Å². The number of benzene rings is 1. The molecule has 1 aromatic carbocycles. The Kier molecular flexibility index (Phi) is 5.88. The van der Waals surface area contributed by atoms with Crippen LogP contribution in [0.1, 0.15) is 13.3 Å². The quantitative estimate of drug-likeness (QED) is 0.338. The molecule has 5 nitrogen and oxygen atoms in total. The second kappa shape index (κ2) is 7.51. The number of carbonyl (C=O) groups excluding carboxylic acids is 1. The van der Waals surface area contributed by atoms with Crippen molar-refractivity contribution in [2.45, 2.75) is 13.3 Å². The smallest absolute Gasteiger partial charge is 0.311 e. The van der Waals surface area contributed by atoms with Gasteiger partial charge in [-0.05, 0) is 19.1 Å². The minimum Gasteiger partial charge on any atom is -0.491 e. The predicted octanol–water partition coefficient (Wildman–Crippen LogP) is 1.57. The van der Waals surface area contributed by atoms with Gasteiger partial charge in [0, 0.05) is 6.61 Å². The Bertz CT molecular complexity index is 354. The van der Waals surface area contributed by atoms with Gasteiger partial charge in [0.2, 0.25) is 0 Å². The normalized spacial score (nSPS) is 9.94. The number of nitrogen functional groups attached to an aromatic ring is 1. The van der Waals surface area contributed by atoms with Crippen molar-refractivity contribution >= 4 is 11.7 Å². The maximum absolute atomic E-state index is 11.2. The monoisotopic (exact) mass is 239 g/mol. The lowest BCUT2D eigenvalue weighted by Crippen LogP contribution is -2.12. The zero-order valence-corrected chi connectivity index (χ0v) is 9.85. The van der Waals surface area contributed by atoms with Gasteiger partial charge in [-0.25, -0.2) is 0 Å². The molecular weight excluding hydrogens is 222 g/mol. The minimum atomic E-state index is -0.354. The summed E-state index contributed by atoms with van der Waals surface area (Å²) in [4.78, 5) is 11.2. The zero-order chi connectivity index (χ0) is 12.5. The molecule has 17 heavy (non-hydrogen) atoms. The molecule has 0 radical (unpaired) electrons. The van der Waals surface area contributed by atoms with Crippen LogP contribution in [-0.4, -0.2) is 26.0 Å². The number of esters is 1. The molecule has 2 N–H and O–H groups in total. The molecule has 0 aromatic heterocycles. The Hall–Kier alpha value is -1.75. The summed E-state index contributed by atoms with van der Waals surface area (Å²) in [6.45, 7) is 2.57. The minimum absolute atomic E-state index is 0.0111. The van der Waals surface area contributed by atoms with E-state index in [1.807, 2.05) is 19.1 Å². The Morgan fingerprint density at radius 1 is 1.35 bits per heavy atom. The third kappa shape index (κ3) is 5.21. The zero-order valence-electron chi connectivity index (χ0n) is 9.85. The van der Waals surface area contributed by atoms with Crippen molar-refractivity contribution in [1.82, 2.24) is 0 Å². The second-order valence-electron chi connectivity index (χ2n) is 3.26. The number of carbonyl (C=O) groups is 1. The average molecular weight is 239 g/mol. The Morgan fingerprint density at radius 3 is 2.82 bits per heavy atom. The van der Waals surface area contributed by atoms with Gasteiger partial charge in [-0.1, -0.05) is 12.1 Å². The first-order chi connectivity index (χ1) is 8.24. The number of rotatable bonds is 7. The summed E-state index contributed by atoms with van der Waals surface area (Å²) in [5.74, 6) is 0.220. The van der Waals surface area contributed by atoms with E-state index in [0.29, 0.717) is 18.0 Å². The topological polar surface area (TPSA) is 70.8 Å². The van der Waals surface area contributed by atoms with Crippen LogP contribution in [0.3, 0.4) is 0 Å². The number of hydrogen-bond acceptors (Lipinski definition) is 5. The van der Waals surface area contributed by atoms with Crippen LogP contribution in [0, 0.1) is 0 Å². The molecule has 94 valence electrons. The fraction of sp³-hybridized carbons (Fsp3) is 0.417. The lowest BCUT2D eigenvalue weighted by molar-refractivity contribution is -0.156. The first-order valence-corrected chi connectivity index (χ1v) is 5.44. The molecule has 1 rings (SSSR count). The summed E-state index contributed by atoms with van der Waals surface area (Å²) in [6, 6.07) is 7.13. The maximum Gasteiger partial charge on any atom is 0.311 e. The molecule has 0 unspecified atom stereocenters. The molecule has 0 heterocycles. The van der Waals surface area contributed by atoms with E-state index >= 15 is 0 Å². The van der Waals surface area contributed by atoms with Gasteiger partial charge in [0.25, 0.3) is 0 Å². The summed E-state index contributed by atoms with van der Waals surface area (Å²) in [5, 5.41) is 0. The summed E-state index contributed by atoms with van der Waals surface area (Å²) < 4.78 is 15.0. The number of anilines is 1. The first-order valence-electron chi connectivity index (χ1n) is 5.44. The number of hydrogen-bond donors (Lipinski definition) is 1. The highest BCUT2D eigenvalue weighted by atomic mass is 16.7. The van der Waals surface area contributed by atoms with Gasteiger partial charge in [0.15, 0.2) is 6.79 Å². The first kappa shape index (κ1) is 13.3. The molecule has 0 atom stereocenters. The van der Waals surface area contributed by atoms with Crippen LogP contribution in [0.2, 0.25) is 0 Å². The van der Waals surface area contributed by atoms with Crippen molar-refractivity contribution in [3.05, 3.63) is 24.3 Å². The van der Waals surface area contributed by atoms with Crippen LogP contribution in [0.4, 0.5) is 5.69 Å². The number of para-hydroxylation sites is 2. The molecule has 5 heteroatoms. The van der Waals surface area contributed by atoms with Crippen molar-refractivity contribution in [3.8, 4) is 5.75 Å². The molecule has 0 aliphatic heterocycles. The summed E-state index contributed by atoms with van der Waals surface area (Å²) in [5.41, 5.74) is 6.23. The molecule has 0 aliphatic rings. The number of nitrogens with two attached hydrogens (primary N) is 1. The molecule has 0 bridgehead atoms. The van der Waals surface area contributed by atoms with E-state index < -0.39 is 0 Å². The summed E-state index contributed by atoms with van der Waals surface area (Å²) >= 11 is 0. The van der Waals surface area contributed by atoms with E-state index in [-0.39, 0.29) is 25.8 Å². The maximum atomic E-state index is 11.2. The fourth-order valence-corrected chi connectivity index (χ4v) is 1.12. The van der Waals surface area contributed by atoms with Gasteiger partial charge in [-0.3, -0.25) is 4.79 Å². The summed E-state index contributed by atoms with van der Waals surface area (Å²) in [7, 11) is 0. The number of ether oxygens (including phenoxy) is 3. The lowest BCUT2D eigenvalue weighted by atomic mass is 10.3. The largest absolute Gasteiger partial charge is 0.491 e. The molecule has 0 aliphatic carbocycles. The fourth-order valence-electron chi connectivity index (χ4n) is 1.12. The molecule has 0 fully saturated rings. The Balaban J connectivity index is 2.19. The van der Waals surface area contributed by atoms with Gasteiger partial charge < -0.3 is 19.9 Å². The highest BCUT2D eigenvalue weighted by Gasteiger charge is 2.04. The van der Waals surface area contributed by atoms with E-state index in [4.69, 9.17) is 19.9 Å². The van der Waals surface area contributed by atoms with Gasteiger partial charge >= 0.3 is 5.97 Å². The highest BCUT2D eigenvalue weighted by molar-refractivity contribution is 5.69. The Morgan fingerprint density at radius 2 is 2.12 bits per heavy atom. The molecule has 1 aromatic rings. The van der Waals surface area contributed by atoms with Crippen molar-refractivity contribution in [1.29, 1.82) is 0 Å². The van der Waals surface area contributed by atoms with E-state index in [1.165, 1.54) is 0 Å². The van der Waals surface area contributed by atoms with Crippen LogP contribution in [0.5, 0.6) is 5.75 Å². The second-order valence-corrected chi connectivity index (χ2v) is 3.26. The van der Waals surface area contributed by atoms with Crippen LogP contribution in [-0.2, 0) is 14.3 Å². The van der Waals surface area contributed by atoms with Gasteiger partial charge in [-0.2, -0.15) is 0 Å². The molecule has 0 saturated heterocycles. The lowest BCUT2D eigenvalue weighted by Gasteiger charge is -2.08. The third-order valence-corrected chi connectivity index (χ3v) is 1.99. The average Bonchev–Trinajstić information content (AvgIpc) is 2.32.